The van der Waals surface area contributed by atoms with Crippen LogP contribution in [0.3, 0.4) is 0 Å². The van der Waals surface area contributed by atoms with Gasteiger partial charge in [0, 0.05) is 11.3 Å². The zero-order chi connectivity index (χ0) is 20.1. The van der Waals surface area contributed by atoms with Crippen LogP contribution in [0.15, 0.2) is 42.7 Å². The fourth-order valence-corrected chi connectivity index (χ4v) is 2.97. The number of aryl methyl sites for hydroxylation is 1. The Morgan fingerprint density at radius 2 is 1.82 bits per heavy atom. The Hall–Kier alpha value is -3.56. The van der Waals surface area contributed by atoms with E-state index in [0.29, 0.717) is 5.56 Å². The molecule has 0 amide bonds. The third kappa shape index (κ3) is 3.02. The van der Waals surface area contributed by atoms with E-state index < -0.39 is 17.7 Å². The Bertz CT molecular complexity index is 1200. The highest BCUT2D eigenvalue weighted by atomic mass is 19.4. The van der Waals surface area contributed by atoms with Crippen molar-refractivity contribution in [2.75, 3.05) is 5.73 Å². The Labute approximate surface area is 155 Å². The minimum atomic E-state index is -4.63. The molecule has 0 unspecified atom stereocenters. The largest absolute Gasteiger partial charge is 0.433 e. The fourth-order valence-electron chi connectivity index (χ4n) is 2.97. The monoisotopic (exact) mass is 388 g/mol. The molecule has 0 saturated heterocycles. The molecule has 142 valence electrons. The zero-order valence-corrected chi connectivity index (χ0v) is 14.4. The van der Waals surface area contributed by atoms with Gasteiger partial charge in [-0.2, -0.15) is 22.8 Å². The SMILES string of the molecule is Cc1cc(-c2c(-c3cccc(F)c3)nc(N)n3ncnc23)cc(C(F)(F)F)n1. The first-order chi connectivity index (χ1) is 13.2. The molecular formula is C18H12F4N6. The first-order valence-electron chi connectivity index (χ1n) is 8.05. The van der Waals surface area contributed by atoms with Gasteiger partial charge in [0.05, 0.1) is 11.3 Å². The molecule has 0 saturated carbocycles. The van der Waals surface area contributed by atoms with Gasteiger partial charge in [-0.05, 0) is 36.8 Å². The molecule has 3 heterocycles. The number of alkyl halides is 3. The van der Waals surface area contributed by atoms with Crippen LogP contribution in [0, 0.1) is 12.7 Å². The quantitative estimate of drug-likeness (QED) is 0.527. The van der Waals surface area contributed by atoms with Crippen LogP contribution in [0.4, 0.5) is 23.5 Å². The third-order valence-electron chi connectivity index (χ3n) is 4.08. The molecule has 0 bridgehead atoms. The van der Waals surface area contributed by atoms with Crippen LogP contribution in [-0.4, -0.2) is 24.6 Å². The lowest BCUT2D eigenvalue weighted by Crippen LogP contribution is -2.10. The van der Waals surface area contributed by atoms with E-state index in [2.05, 4.69) is 20.1 Å². The molecule has 0 radical (unpaired) electrons. The summed E-state index contributed by atoms with van der Waals surface area (Å²) < 4.78 is 54.8. The van der Waals surface area contributed by atoms with Crippen molar-refractivity contribution in [2.24, 2.45) is 0 Å². The molecule has 6 nitrogen and oxygen atoms in total. The van der Waals surface area contributed by atoms with Crippen LogP contribution in [0.1, 0.15) is 11.4 Å². The summed E-state index contributed by atoms with van der Waals surface area (Å²) in [5.41, 5.74) is 6.17. The average Bonchev–Trinajstić information content (AvgIpc) is 3.10. The summed E-state index contributed by atoms with van der Waals surface area (Å²) in [6.45, 7) is 1.45. The summed E-state index contributed by atoms with van der Waals surface area (Å²) in [4.78, 5) is 11.9. The average molecular weight is 388 g/mol. The maximum Gasteiger partial charge on any atom is 0.433 e. The second-order valence-corrected chi connectivity index (χ2v) is 6.08. The van der Waals surface area contributed by atoms with Crippen molar-refractivity contribution in [2.45, 2.75) is 13.1 Å². The highest BCUT2D eigenvalue weighted by molar-refractivity contribution is 5.90. The first kappa shape index (κ1) is 17.8. The smallest absolute Gasteiger partial charge is 0.368 e. The van der Waals surface area contributed by atoms with Gasteiger partial charge in [0.25, 0.3) is 0 Å². The Kier molecular flexibility index (Phi) is 3.98. The summed E-state index contributed by atoms with van der Waals surface area (Å²) in [6, 6.07) is 7.90. The number of fused-ring (bicyclic) bond motifs is 1. The molecule has 0 aliphatic rings. The highest BCUT2D eigenvalue weighted by Gasteiger charge is 2.33. The number of halogens is 4. The fraction of sp³-hybridized carbons (Fsp3) is 0.111. The second kappa shape index (κ2) is 6.25. The van der Waals surface area contributed by atoms with Crippen LogP contribution >= 0.6 is 0 Å². The molecule has 0 spiro atoms. The van der Waals surface area contributed by atoms with Crippen molar-refractivity contribution >= 4 is 11.6 Å². The molecule has 0 fully saturated rings. The van der Waals surface area contributed by atoms with Crippen molar-refractivity contribution in [3.05, 3.63) is 59.9 Å². The maximum atomic E-state index is 13.8. The van der Waals surface area contributed by atoms with E-state index in [1.165, 1.54) is 42.0 Å². The van der Waals surface area contributed by atoms with E-state index in [-0.39, 0.29) is 34.1 Å². The van der Waals surface area contributed by atoms with Crippen molar-refractivity contribution in [3.8, 4) is 22.4 Å². The highest BCUT2D eigenvalue weighted by Crippen LogP contribution is 2.37. The second-order valence-electron chi connectivity index (χ2n) is 6.08. The molecular weight excluding hydrogens is 376 g/mol. The number of nitrogen functional groups attached to an aromatic ring is 1. The summed E-state index contributed by atoms with van der Waals surface area (Å²) in [7, 11) is 0. The lowest BCUT2D eigenvalue weighted by molar-refractivity contribution is -0.141. The third-order valence-corrected chi connectivity index (χ3v) is 4.08. The van der Waals surface area contributed by atoms with Gasteiger partial charge in [-0.25, -0.2) is 19.3 Å². The van der Waals surface area contributed by atoms with Gasteiger partial charge in [0.1, 0.15) is 17.8 Å². The van der Waals surface area contributed by atoms with E-state index in [1.54, 1.807) is 6.07 Å². The van der Waals surface area contributed by atoms with Crippen LogP contribution in [0.5, 0.6) is 0 Å². The Morgan fingerprint density at radius 1 is 1.04 bits per heavy atom. The standard InChI is InChI=1S/C18H12F4N6/c1-9-5-11(7-13(26-9)18(20,21)22)14-15(10-3-2-4-12(19)6-10)27-17(23)28-16(14)24-8-25-28/h2-8H,1H3,(H2,23,27). The number of nitrogens with two attached hydrogens (primary N) is 1. The van der Waals surface area contributed by atoms with Crippen LogP contribution in [0.25, 0.3) is 28.0 Å². The molecule has 4 aromatic rings. The van der Waals surface area contributed by atoms with Gasteiger partial charge in [-0.1, -0.05) is 12.1 Å². The van der Waals surface area contributed by atoms with E-state index >= 15 is 0 Å². The molecule has 0 aliphatic carbocycles. The van der Waals surface area contributed by atoms with Gasteiger partial charge in [0.2, 0.25) is 5.95 Å². The van der Waals surface area contributed by atoms with Gasteiger partial charge in [0.15, 0.2) is 5.65 Å². The number of anilines is 1. The minimum absolute atomic E-state index is 0.0302. The predicted molar refractivity (Wildman–Crippen MR) is 93.6 cm³/mol. The van der Waals surface area contributed by atoms with E-state index in [9.17, 15) is 17.6 Å². The van der Waals surface area contributed by atoms with Crippen molar-refractivity contribution in [1.29, 1.82) is 0 Å². The van der Waals surface area contributed by atoms with Crippen molar-refractivity contribution < 1.29 is 17.6 Å². The van der Waals surface area contributed by atoms with Crippen molar-refractivity contribution in [1.82, 2.24) is 24.6 Å². The maximum absolute atomic E-state index is 13.8. The van der Waals surface area contributed by atoms with E-state index in [0.717, 1.165) is 6.07 Å². The first-order valence-corrected chi connectivity index (χ1v) is 8.05. The number of nitrogens with zero attached hydrogens (tertiary/aromatic N) is 5. The topological polar surface area (TPSA) is 82.0 Å². The molecule has 1 aromatic carbocycles. The van der Waals surface area contributed by atoms with Gasteiger partial charge in [-0.15, -0.1) is 0 Å². The molecule has 0 atom stereocenters. The van der Waals surface area contributed by atoms with Crippen LogP contribution in [0.2, 0.25) is 0 Å². The molecule has 28 heavy (non-hydrogen) atoms. The molecule has 0 aliphatic heterocycles. The normalized spacial score (nSPS) is 11.9. The van der Waals surface area contributed by atoms with Crippen LogP contribution in [-0.2, 0) is 6.18 Å². The van der Waals surface area contributed by atoms with Crippen LogP contribution < -0.4 is 5.73 Å². The zero-order valence-electron chi connectivity index (χ0n) is 14.4. The number of aromatic nitrogens is 5. The molecule has 2 N–H and O–H groups in total. The predicted octanol–water partition coefficient (Wildman–Crippen LogP) is 3.90. The number of pyridine rings is 1. The molecule has 4 rings (SSSR count). The van der Waals surface area contributed by atoms with Crippen molar-refractivity contribution in [3.63, 3.8) is 0 Å². The summed E-state index contributed by atoms with van der Waals surface area (Å²) in [5, 5.41) is 3.96. The summed E-state index contributed by atoms with van der Waals surface area (Å²) >= 11 is 0. The number of hydrogen-bond donors (Lipinski definition) is 1. The minimum Gasteiger partial charge on any atom is -0.368 e. The number of rotatable bonds is 2. The molecule has 10 heteroatoms. The van der Waals surface area contributed by atoms with E-state index in [1.807, 2.05) is 0 Å². The lowest BCUT2D eigenvalue weighted by Gasteiger charge is -2.14. The number of hydrogen-bond acceptors (Lipinski definition) is 5. The van der Waals surface area contributed by atoms with Gasteiger partial charge < -0.3 is 5.73 Å². The van der Waals surface area contributed by atoms with Gasteiger partial charge in [-0.3, -0.25) is 0 Å². The molecule has 3 aromatic heterocycles. The Morgan fingerprint density at radius 3 is 2.54 bits per heavy atom. The lowest BCUT2D eigenvalue weighted by atomic mass is 9.99. The Balaban J connectivity index is 2.09. The summed E-state index contributed by atoms with van der Waals surface area (Å²) in [6.07, 6.45) is -3.42. The number of benzene rings is 1. The van der Waals surface area contributed by atoms with E-state index in [4.69, 9.17) is 5.73 Å². The summed E-state index contributed by atoms with van der Waals surface area (Å²) in [5.74, 6) is -0.551. The van der Waals surface area contributed by atoms with Gasteiger partial charge >= 0.3 is 6.18 Å².